The molecule has 39 heavy (non-hydrogen) atoms. The highest BCUT2D eigenvalue weighted by atomic mass is 16.2. The maximum atomic E-state index is 13.0. The Kier molecular flexibility index (Phi) is 14.4. The molecule has 1 aromatic carbocycles. The fraction of sp³-hybridized carbons (Fsp3) is 0.719. The number of amides is 2. The summed E-state index contributed by atoms with van der Waals surface area (Å²) in [6, 6.07) is 9.27. The highest BCUT2D eigenvalue weighted by molar-refractivity contribution is 6.02. The SMILES string of the molecule is CCCCC(CC)CN(Cc1ccccc1N=NC1C(=O)N(CC)C(=O)C(C#N)C1C)CC(CC)CCCC. The second kappa shape index (κ2) is 17.2. The molecule has 7 heteroatoms. The molecule has 1 saturated heterocycles. The molecule has 216 valence electrons. The van der Waals surface area contributed by atoms with Gasteiger partial charge in [0.05, 0.1) is 11.8 Å². The van der Waals surface area contributed by atoms with E-state index in [-0.39, 0.29) is 12.5 Å². The van der Waals surface area contributed by atoms with Gasteiger partial charge in [-0.2, -0.15) is 15.5 Å². The van der Waals surface area contributed by atoms with Crippen LogP contribution in [0.1, 0.15) is 98.5 Å². The number of benzene rings is 1. The highest BCUT2D eigenvalue weighted by Gasteiger charge is 2.46. The molecule has 1 heterocycles. The number of hydrogen-bond donors (Lipinski definition) is 0. The monoisotopic (exact) mass is 537 g/mol. The average Bonchev–Trinajstić information content (AvgIpc) is 2.94. The van der Waals surface area contributed by atoms with Crippen LogP contribution in [0.4, 0.5) is 5.69 Å². The Balaban J connectivity index is 2.31. The molecule has 0 aliphatic carbocycles. The minimum atomic E-state index is -0.888. The fourth-order valence-corrected chi connectivity index (χ4v) is 5.58. The topological polar surface area (TPSA) is 89.1 Å². The van der Waals surface area contributed by atoms with Crippen LogP contribution >= 0.6 is 0 Å². The number of azo groups is 1. The Hall–Kier alpha value is -2.59. The number of hydrogen-bond acceptors (Lipinski definition) is 6. The Morgan fingerprint density at radius 3 is 2.05 bits per heavy atom. The number of carbonyl (C=O) groups excluding carboxylic acids is 2. The predicted octanol–water partition coefficient (Wildman–Crippen LogP) is 7.54. The Labute approximate surface area is 237 Å². The summed E-state index contributed by atoms with van der Waals surface area (Å²) in [5, 5.41) is 18.6. The van der Waals surface area contributed by atoms with Gasteiger partial charge in [-0.1, -0.05) is 91.3 Å². The average molecular weight is 538 g/mol. The van der Waals surface area contributed by atoms with Crippen LogP contribution in [0, 0.1) is 35.0 Å². The molecule has 5 atom stereocenters. The van der Waals surface area contributed by atoms with E-state index in [1.165, 1.54) is 51.4 Å². The van der Waals surface area contributed by atoms with Gasteiger partial charge in [0.2, 0.25) is 5.91 Å². The molecule has 0 bridgehead atoms. The van der Waals surface area contributed by atoms with E-state index in [1.54, 1.807) is 13.8 Å². The van der Waals surface area contributed by atoms with Gasteiger partial charge in [0.25, 0.3) is 5.91 Å². The van der Waals surface area contributed by atoms with Crippen LogP contribution in [0.25, 0.3) is 0 Å². The third kappa shape index (κ3) is 9.24. The maximum absolute atomic E-state index is 13.0. The van der Waals surface area contributed by atoms with Crippen molar-refractivity contribution in [2.75, 3.05) is 19.6 Å². The molecule has 1 aliphatic rings. The van der Waals surface area contributed by atoms with Crippen LogP contribution in [-0.4, -0.2) is 47.3 Å². The zero-order chi connectivity index (χ0) is 28.8. The number of likely N-dealkylation sites (tertiary alicyclic amines) is 1. The smallest absolute Gasteiger partial charge is 0.256 e. The van der Waals surface area contributed by atoms with Gasteiger partial charge in [-0.3, -0.25) is 19.4 Å². The van der Waals surface area contributed by atoms with E-state index >= 15 is 0 Å². The van der Waals surface area contributed by atoms with Gasteiger partial charge in [0, 0.05) is 32.1 Å². The van der Waals surface area contributed by atoms with Crippen LogP contribution in [0.15, 0.2) is 34.5 Å². The second-order valence-electron chi connectivity index (χ2n) is 11.2. The van der Waals surface area contributed by atoms with Crippen molar-refractivity contribution in [2.24, 2.45) is 33.9 Å². The van der Waals surface area contributed by atoms with Crippen molar-refractivity contribution in [1.29, 1.82) is 5.26 Å². The molecular weight excluding hydrogens is 486 g/mol. The first kappa shape index (κ1) is 32.6. The first-order chi connectivity index (χ1) is 18.8. The summed E-state index contributed by atoms with van der Waals surface area (Å²) in [5.74, 6) is -0.861. The molecule has 0 aromatic heterocycles. The van der Waals surface area contributed by atoms with Crippen molar-refractivity contribution in [3.8, 4) is 6.07 Å². The summed E-state index contributed by atoms with van der Waals surface area (Å²) < 4.78 is 0. The van der Waals surface area contributed by atoms with Crippen LogP contribution in [0.2, 0.25) is 0 Å². The molecule has 0 spiro atoms. The van der Waals surface area contributed by atoms with Gasteiger partial charge in [-0.15, -0.1) is 0 Å². The van der Waals surface area contributed by atoms with E-state index < -0.39 is 23.8 Å². The molecule has 1 fully saturated rings. The molecule has 0 radical (unpaired) electrons. The van der Waals surface area contributed by atoms with Gasteiger partial charge in [-0.05, 0) is 43.2 Å². The summed E-state index contributed by atoms with van der Waals surface area (Å²) in [6.07, 6.45) is 9.84. The number of rotatable bonds is 17. The maximum Gasteiger partial charge on any atom is 0.256 e. The fourth-order valence-electron chi connectivity index (χ4n) is 5.58. The summed E-state index contributed by atoms with van der Waals surface area (Å²) in [5.41, 5.74) is 1.84. The normalized spacial score (nSPS) is 21.5. The molecule has 7 nitrogen and oxygen atoms in total. The lowest BCUT2D eigenvalue weighted by Crippen LogP contribution is -2.55. The van der Waals surface area contributed by atoms with Crippen LogP contribution in [-0.2, 0) is 16.1 Å². The third-order valence-corrected chi connectivity index (χ3v) is 8.33. The summed E-state index contributed by atoms with van der Waals surface area (Å²) in [6.45, 7) is 15.8. The van der Waals surface area contributed by atoms with Crippen molar-refractivity contribution in [3.63, 3.8) is 0 Å². The Morgan fingerprint density at radius 1 is 0.949 bits per heavy atom. The standard InChI is InChI=1S/C32H51N5O2/c1-7-12-16-25(9-3)21-36(22-26(10-4)17-13-8-2)23-27-18-14-15-19-29(27)34-35-30-24(6)28(20-33)31(38)37(11-5)32(30)39/h14-15,18-19,24-26,28,30H,7-13,16-17,21-23H2,1-6H3. The first-order valence-corrected chi connectivity index (χ1v) is 15.3. The minimum absolute atomic E-state index is 0.230. The lowest BCUT2D eigenvalue weighted by atomic mass is 9.83. The van der Waals surface area contributed by atoms with Crippen molar-refractivity contribution in [3.05, 3.63) is 29.8 Å². The first-order valence-electron chi connectivity index (χ1n) is 15.3. The van der Waals surface area contributed by atoms with Crippen molar-refractivity contribution in [2.45, 2.75) is 105 Å². The zero-order valence-corrected chi connectivity index (χ0v) is 25.2. The number of carbonyl (C=O) groups is 2. The van der Waals surface area contributed by atoms with Gasteiger partial charge in [0.1, 0.15) is 5.92 Å². The van der Waals surface area contributed by atoms with E-state index in [1.807, 2.05) is 18.2 Å². The number of likely N-dealkylation sites (N-methyl/N-ethyl adjacent to an activating group) is 1. The molecule has 1 aromatic rings. The van der Waals surface area contributed by atoms with Crippen molar-refractivity contribution < 1.29 is 9.59 Å². The number of unbranched alkanes of at least 4 members (excludes halogenated alkanes) is 2. The van der Waals surface area contributed by atoms with Crippen molar-refractivity contribution >= 4 is 17.5 Å². The van der Waals surface area contributed by atoms with Gasteiger partial charge in [-0.25, -0.2) is 0 Å². The second-order valence-corrected chi connectivity index (χ2v) is 11.2. The molecular formula is C32H51N5O2. The quantitative estimate of drug-likeness (QED) is 0.152. The van der Waals surface area contributed by atoms with E-state index in [2.05, 4.69) is 55.0 Å². The summed E-state index contributed by atoms with van der Waals surface area (Å²) in [7, 11) is 0. The number of imide groups is 1. The van der Waals surface area contributed by atoms with E-state index in [0.29, 0.717) is 11.8 Å². The molecule has 5 unspecified atom stereocenters. The number of nitriles is 1. The van der Waals surface area contributed by atoms with E-state index in [4.69, 9.17) is 0 Å². The predicted molar refractivity (Wildman–Crippen MR) is 157 cm³/mol. The molecule has 2 rings (SSSR count). The van der Waals surface area contributed by atoms with Crippen LogP contribution in [0.3, 0.4) is 0 Å². The summed E-state index contributed by atoms with van der Waals surface area (Å²) >= 11 is 0. The molecule has 1 aliphatic heterocycles. The number of piperidine rings is 1. The zero-order valence-electron chi connectivity index (χ0n) is 25.2. The van der Waals surface area contributed by atoms with Gasteiger partial charge >= 0.3 is 0 Å². The molecule has 0 saturated carbocycles. The molecule has 0 N–H and O–H groups in total. The van der Waals surface area contributed by atoms with Crippen LogP contribution < -0.4 is 0 Å². The Morgan fingerprint density at radius 2 is 1.54 bits per heavy atom. The van der Waals surface area contributed by atoms with E-state index in [9.17, 15) is 14.9 Å². The van der Waals surface area contributed by atoms with E-state index in [0.717, 1.165) is 35.8 Å². The lowest BCUT2D eigenvalue weighted by molar-refractivity contribution is -0.153. The largest absolute Gasteiger partial charge is 0.298 e. The highest BCUT2D eigenvalue weighted by Crippen LogP contribution is 2.30. The van der Waals surface area contributed by atoms with Gasteiger partial charge < -0.3 is 0 Å². The minimum Gasteiger partial charge on any atom is -0.298 e. The van der Waals surface area contributed by atoms with Crippen LogP contribution in [0.5, 0.6) is 0 Å². The number of nitrogens with zero attached hydrogens (tertiary/aromatic N) is 5. The molecule has 2 amide bonds. The summed E-state index contributed by atoms with van der Waals surface area (Å²) in [4.78, 5) is 29.4. The third-order valence-electron chi connectivity index (χ3n) is 8.33. The van der Waals surface area contributed by atoms with Gasteiger partial charge in [0.15, 0.2) is 6.04 Å². The van der Waals surface area contributed by atoms with Crippen molar-refractivity contribution in [1.82, 2.24) is 9.80 Å². The lowest BCUT2D eigenvalue weighted by Gasteiger charge is -2.34. The Bertz CT molecular complexity index is 954.